The molecule has 2 N–H and O–H groups in total. The van der Waals surface area contributed by atoms with Crippen LogP contribution in [-0.2, 0) is 13.1 Å². The van der Waals surface area contributed by atoms with Crippen molar-refractivity contribution in [2.24, 2.45) is 0 Å². The standard InChI is InChI=1S/C14H19FN4OS/c1-3-8-19-13(20)17-18-14(19)21-12-7-5-6-11(15)10(12)9-16-4-2/h5-7,16H,3-4,8-9H2,1-2H3,(H,17,20). The molecular formula is C14H19FN4OS. The highest BCUT2D eigenvalue weighted by atomic mass is 32.2. The molecule has 0 bridgehead atoms. The molecule has 0 aliphatic heterocycles. The summed E-state index contributed by atoms with van der Waals surface area (Å²) in [6, 6.07) is 4.96. The molecule has 0 aliphatic carbocycles. The first-order valence-electron chi connectivity index (χ1n) is 6.98. The van der Waals surface area contributed by atoms with E-state index in [-0.39, 0.29) is 11.5 Å². The van der Waals surface area contributed by atoms with Gasteiger partial charge >= 0.3 is 5.69 Å². The molecule has 0 atom stereocenters. The lowest BCUT2D eigenvalue weighted by Crippen LogP contribution is -2.17. The Labute approximate surface area is 127 Å². The third-order valence-electron chi connectivity index (χ3n) is 3.00. The molecule has 21 heavy (non-hydrogen) atoms. The molecule has 2 rings (SSSR count). The Morgan fingerprint density at radius 3 is 2.95 bits per heavy atom. The highest BCUT2D eigenvalue weighted by Crippen LogP contribution is 2.30. The molecular weight excluding hydrogens is 291 g/mol. The fourth-order valence-corrected chi connectivity index (χ4v) is 2.97. The van der Waals surface area contributed by atoms with Gasteiger partial charge in [-0.3, -0.25) is 4.57 Å². The Balaban J connectivity index is 2.31. The van der Waals surface area contributed by atoms with Crippen molar-refractivity contribution in [1.29, 1.82) is 0 Å². The lowest BCUT2D eigenvalue weighted by Gasteiger charge is -2.10. The zero-order chi connectivity index (χ0) is 15.2. The van der Waals surface area contributed by atoms with Crippen molar-refractivity contribution in [3.63, 3.8) is 0 Å². The molecule has 7 heteroatoms. The van der Waals surface area contributed by atoms with E-state index >= 15 is 0 Å². The van der Waals surface area contributed by atoms with E-state index in [0.717, 1.165) is 17.9 Å². The Hall–Kier alpha value is -1.60. The lowest BCUT2D eigenvalue weighted by atomic mass is 10.2. The van der Waals surface area contributed by atoms with Crippen molar-refractivity contribution in [1.82, 2.24) is 20.1 Å². The molecule has 0 amide bonds. The van der Waals surface area contributed by atoms with Gasteiger partial charge in [0.25, 0.3) is 0 Å². The van der Waals surface area contributed by atoms with Crippen LogP contribution in [0.15, 0.2) is 33.0 Å². The van der Waals surface area contributed by atoms with Gasteiger partial charge in [-0.05, 0) is 36.9 Å². The second-order valence-corrected chi connectivity index (χ2v) is 5.57. The molecule has 0 fully saturated rings. The first kappa shape index (κ1) is 15.8. The number of benzene rings is 1. The van der Waals surface area contributed by atoms with Crippen LogP contribution < -0.4 is 11.0 Å². The monoisotopic (exact) mass is 310 g/mol. The third-order valence-corrected chi connectivity index (χ3v) is 4.10. The van der Waals surface area contributed by atoms with Gasteiger partial charge in [-0.25, -0.2) is 14.3 Å². The zero-order valence-electron chi connectivity index (χ0n) is 12.1. The second-order valence-electron chi connectivity index (χ2n) is 4.56. The molecule has 5 nitrogen and oxygen atoms in total. The van der Waals surface area contributed by atoms with Crippen LogP contribution in [0.1, 0.15) is 25.8 Å². The maximum absolute atomic E-state index is 14.0. The van der Waals surface area contributed by atoms with Crippen molar-refractivity contribution < 1.29 is 4.39 Å². The maximum atomic E-state index is 14.0. The molecule has 2 aromatic rings. The number of halogens is 1. The van der Waals surface area contributed by atoms with Gasteiger partial charge in [-0.1, -0.05) is 19.9 Å². The normalized spacial score (nSPS) is 11.0. The number of rotatable bonds is 7. The van der Waals surface area contributed by atoms with Crippen molar-refractivity contribution in [2.75, 3.05) is 6.54 Å². The van der Waals surface area contributed by atoms with Crippen molar-refractivity contribution >= 4 is 11.8 Å². The van der Waals surface area contributed by atoms with Crippen LogP contribution in [0, 0.1) is 5.82 Å². The highest BCUT2D eigenvalue weighted by molar-refractivity contribution is 7.99. The third kappa shape index (κ3) is 3.74. The van der Waals surface area contributed by atoms with E-state index in [1.807, 2.05) is 19.9 Å². The Kier molecular flexibility index (Phi) is 5.58. The van der Waals surface area contributed by atoms with Gasteiger partial charge in [0.1, 0.15) is 5.82 Å². The van der Waals surface area contributed by atoms with Gasteiger partial charge in [-0.15, -0.1) is 5.10 Å². The fraction of sp³-hybridized carbons (Fsp3) is 0.429. The van der Waals surface area contributed by atoms with Crippen LogP contribution in [0.4, 0.5) is 4.39 Å². The fourth-order valence-electron chi connectivity index (χ4n) is 1.96. The quantitative estimate of drug-likeness (QED) is 0.824. The number of nitrogens with one attached hydrogen (secondary N) is 2. The Bertz CT molecular complexity index is 653. The number of nitrogens with zero attached hydrogens (tertiary/aromatic N) is 2. The minimum Gasteiger partial charge on any atom is -0.313 e. The summed E-state index contributed by atoms with van der Waals surface area (Å²) < 4.78 is 15.6. The highest BCUT2D eigenvalue weighted by Gasteiger charge is 2.14. The number of hydrogen-bond acceptors (Lipinski definition) is 4. The van der Waals surface area contributed by atoms with Crippen LogP contribution in [-0.4, -0.2) is 21.3 Å². The smallest absolute Gasteiger partial charge is 0.313 e. The number of aromatic nitrogens is 3. The van der Waals surface area contributed by atoms with E-state index < -0.39 is 0 Å². The summed E-state index contributed by atoms with van der Waals surface area (Å²) >= 11 is 1.31. The predicted octanol–water partition coefficient (Wildman–Crippen LogP) is 2.38. The van der Waals surface area contributed by atoms with Crippen LogP contribution in [0.2, 0.25) is 0 Å². The summed E-state index contributed by atoms with van der Waals surface area (Å²) in [5.74, 6) is -0.249. The van der Waals surface area contributed by atoms with E-state index in [1.54, 1.807) is 10.6 Å². The molecule has 0 aliphatic rings. The molecule has 0 spiro atoms. The van der Waals surface area contributed by atoms with Gasteiger partial charge in [0, 0.05) is 23.5 Å². The van der Waals surface area contributed by atoms with Crippen LogP contribution in [0.3, 0.4) is 0 Å². The second kappa shape index (κ2) is 7.42. The maximum Gasteiger partial charge on any atom is 0.343 e. The van der Waals surface area contributed by atoms with Gasteiger partial charge in [-0.2, -0.15) is 0 Å². The largest absolute Gasteiger partial charge is 0.343 e. The van der Waals surface area contributed by atoms with E-state index in [1.165, 1.54) is 17.8 Å². The number of hydrogen-bond donors (Lipinski definition) is 2. The topological polar surface area (TPSA) is 62.7 Å². The van der Waals surface area contributed by atoms with Gasteiger partial charge in [0.15, 0.2) is 5.16 Å². The molecule has 0 saturated heterocycles. The summed E-state index contributed by atoms with van der Waals surface area (Å²) in [4.78, 5) is 12.5. The molecule has 1 aromatic heterocycles. The van der Waals surface area contributed by atoms with E-state index in [0.29, 0.717) is 23.8 Å². The lowest BCUT2D eigenvalue weighted by molar-refractivity contribution is 0.584. The molecule has 0 saturated carbocycles. The minimum absolute atomic E-state index is 0.232. The molecule has 114 valence electrons. The van der Waals surface area contributed by atoms with Gasteiger partial charge in [0.05, 0.1) is 0 Å². The minimum atomic E-state index is -0.249. The Morgan fingerprint density at radius 2 is 2.24 bits per heavy atom. The Morgan fingerprint density at radius 1 is 1.43 bits per heavy atom. The predicted molar refractivity (Wildman–Crippen MR) is 81.0 cm³/mol. The molecule has 0 radical (unpaired) electrons. The SMILES string of the molecule is CCCn1c(Sc2cccc(F)c2CNCC)n[nH]c1=O. The van der Waals surface area contributed by atoms with E-state index in [9.17, 15) is 9.18 Å². The molecule has 1 heterocycles. The van der Waals surface area contributed by atoms with E-state index in [4.69, 9.17) is 0 Å². The van der Waals surface area contributed by atoms with Crippen LogP contribution >= 0.6 is 11.8 Å². The zero-order valence-corrected chi connectivity index (χ0v) is 13.0. The molecule has 1 aromatic carbocycles. The number of aromatic amines is 1. The van der Waals surface area contributed by atoms with E-state index in [2.05, 4.69) is 15.5 Å². The van der Waals surface area contributed by atoms with Crippen molar-refractivity contribution in [2.45, 2.75) is 43.4 Å². The van der Waals surface area contributed by atoms with Crippen molar-refractivity contribution in [3.8, 4) is 0 Å². The van der Waals surface area contributed by atoms with Crippen LogP contribution in [0.25, 0.3) is 0 Å². The van der Waals surface area contributed by atoms with Crippen molar-refractivity contribution in [3.05, 3.63) is 40.1 Å². The average molecular weight is 310 g/mol. The first-order valence-corrected chi connectivity index (χ1v) is 7.80. The van der Waals surface area contributed by atoms with Gasteiger partial charge in [0.2, 0.25) is 0 Å². The first-order chi connectivity index (χ1) is 10.2. The molecule has 0 unspecified atom stereocenters. The van der Waals surface area contributed by atoms with Crippen LogP contribution in [0.5, 0.6) is 0 Å². The summed E-state index contributed by atoms with van der Waals surface area (Å²) in [5, 5.41) is 10.2. The summed E-state index contributed by atoms with van der Waals surface area (Å²) in [6.45, 7) is 5.78. The average Bonchev–Trinajstić information content (AvgIpc) is 2.80. The number of H-pyrrole nitrogens is 1. The van der Waals surface area contributed by atoms with Gasteiger partial charge < -0.3 is 5.32 Å². The summed E-state index contributed by atoms with van der Waals surface area (Å²) in [5.41, 5.74) is 0.367. The summed E-state index contributed by atoms with van der Waals surface area (Å²) in [6.07, 6.45) is 0.834. The summed E-state index contributed by atoms with van der Waals surface area (Å²) in [7, 11) is 0.